The van der Waals surface area contributed by atoms with Crippen molar-refractivity contribution in [2.24, 2.45) is 0 Å². The second-order valence-corrected chi connectivity index (χ2v) is 4.93. The summed E-state index contributed by atoms with van der Waals surface area (Å²) < 4.78 is 34.0. The molecule has 120 valence electrons. The molecule has 22 heavy (non-hydrogen) atoms. The normalized spacial score (nSPS) is 32.4. The molecule has 1 aromatic rings. The lowest BCUT2D eigenvalue weighted by molar-refractivity contribution is -0.0806. The monoisotopic (exact) mass is 316 g/mol. The second kappa shape index (κ2) is 5.64. The van der Waals surface area contributed by atoms with Crippen LogP contribution in [0, 0.1) is 17.7 Å². The largest absolute Gasteiger partial charge is 0.391 e. The number of halogens is 2. The average Bonchev–Trinajstić information content (AvgIpc) is 2.68. The number of aromatic amines is 1. The van der Waals surface area contributed by atoms with E-state index in [9.17, 15) is 24.2 Å². The highest BCUT2D eigenvalue weighted by Crippen LogP contribution is 2.41. The number of alkyl halides is 1. The first-order valence-electron chi connectivity index (χ1n) is 6.37. The molecule has 1 aliphatic rings. The maximum Gasteiger partial charge on any atom is 0.330 e. The molecule has 1 aliphatic heterocycles. The number of rotatable bonds is 2. The van der Waals surface area contributed by atoms with Crippen molar-refractivity contribution in [1.29, 1.82) is 0 Å². The van der Waals surface area contributed by atoms with Crippen LogP contribution in [0.15, 0.2) is 15.8 Å². The summed E-state index contributed by atoms with van der Waals surface area (Å²) in [5.74, 6) is 3.02. The zero-order valence-electron chi connectivity index (χ0n) is 11.7. The van der Waals surface area contributed by atoms with Crippen LogP contribution < -0.4 is 11.2 Å². The number of nitrogens with zero attached hydrogens (tertiary/aromatic N) is 1. The van der Waals surface area contributed by atoms with E-state index in [0.29, 0.717) is 10.8 Å². The van der Waals surface area contributed by atoms with E-state index in [2.05, 4.69) is 11.8 Å². The van der Waals surface area contributed by atoms with Gasteiger partial charge in [-0.25, -0.2) is 9.18 Å². The van der Waals surface area contributed by atoms with Crippen LogP contribution in [-0.2, 0) is 4.74 Å². The Balaban J connectivity index is 2.61. The number of hydrogen-bond acceptors (Lipinski definition) is 5. The van der Waals surface area contributed by atoms with Crippen LogP contribution >= 0.6 is 0 Å². The summed E-state index contributed by atoms with van der Waals surface area (Å²) in [7, 11) is 0. The topological polar surface area (TPSA) is 105 Å². The Bertz CT molecular complexity index is 747. The van der Waals surface area contributed by atoms with Gasteiger partial charge in [-0.2, -0.15) is 4.39 Å². The zero-order chi connectivity index (χ0) is 16.7. The molecule has 0 spiro atoms. The molecule has 5 atom stereocenters. The molecule has 2 heterocycles. The van der Waals surface area contributed by atoms with Crippen LogP contribution in [0.2, 0.25) is 0 Å². The van der Waals surface area contributed by atoms with Crippen molar-refractivity contribution < 1.29 is 23.7 Å². The molecule has 0 bridgehead atoms. The molecule has 1 saturated heterocycles. The van der Waals surface area contributed by atoms with Crippen molar-refractivity contribution in [3.05, 3.63) is 32.9 Å². The van der Waals surface area contributed by atoms with Crippen LogP contribution in [0.4, 0.5) is 8.78 Å². The molecular weight excluding hydrogens is 302 g/mol. The van der Waals surface area contributed by atoms with Gasteiger partial charge >= 0.3 is 5.69 Å². The van der Waals surface area contributed by atoms with E-state index in [-0.39, 0.29) is 0 Å². The van der Waals surface area contributed by atoms with Gasteiger partial charge in [0.1, 0.15) is 12.2 Å². The lowest BCUT2D eigenvalue weighted by atomic mass is 9.94. The third-order valence-corrected chi connectivity index (χ3v) is 3.36. The Kier molecular flexibility index (Phi) is 4.19. The van der Waals surface area contributed by atoms with Gasteiger partial charge < -0.3 is 14.9 Å². The number of hydrogen-bond donors (Lipinski definition) is 3. The molecule has 2 rings (SSSR count). The quantitative estimate of drug-likeness (QED) is 0.610. The predicted molar refractivity (Wildman–Crippen MR) is 70.2 cm³/mol. The Morgan fingerprint density at radius 3 is 2.73 bits per heavy atom. The predicted octanol–water partition coefficient (Wildman–Crippen LogP) is -0.954. The maximum absolute atomic E-state index is 15.0. The molecule has 0 aromatic carbocycles. The smallest absolute Gasteiger partial charge is 0.330 e. The highest BCUT2D eigenvalue weighted by atomic mass is 19.1. The van der Waals surface area contributed by atoms with Crippen molar-refractivity contribution in [3.63, 3.8) is 0 Å². The van der Waals surface area contributed by atoms with Gasteiger partial charge in [0, 0.05) is 0 Å². The number of H-pyrrole nitrogens is 1. The van der Waals surface area contributed by atoms with Crippen LogP contribution in [0.3, 0.4) is 0 Å². The molecule has 0 amide bonds. The van der Waals surface area contributed by atoms with Gasteiger partial charge in [0.05, 0.1) is 12.3 Å². The minimum absolute atomic E-state index is 0.451. The Hall–Kier alpha value is -2.02. The minimum Gasteiger partial charge on any atom is -0.391 e. The molecule has 3 N–H and O–H groups in total. The number of aliphatic hydroxyl groups is 2. The SMILES string of the molecule is CC#C[C@@]1(F)C(O)[C@@H]([C@H](C)O)O[C@H]1n1cc(F)c(=O)[nH]c1=O. The number of ether oxygens (including phenoxy) is 1. The van der Waals surface area contributed by atoms with E-state index in [0.717, 1.165) is 0 Å². The first-order chi connectivity index (χ1) is 10.2. The van der Waals surface area contributed by atoms with Gasteiger partial charge in [0.2, 0.25) is 11.5 Å². The zero-order valence-corrected chi connectivity index (χ0v) is 11.7. The third-order valence-electron chi connectivity index (χ3n) is 3.36. The number of nitrogens with one attached hydrogen (secondary N) is 1. The van der Waals surface area contributed by atoms with Crippen molar-refractivity contribution in [3.8, 4) is 11.8 Å². The maximum atomic E-state index is 15.0. The van der Waals surface area contributed by atoms with Gasteiger partial charge in [-0.05, 0) is 13.8 Å². The van der Waals surface area contributed by atoms with Gasteiger partial charge in [0.25, 0.3) is 5.56 Å². The third kappa shape index (κ3) is 2.45. The van der Waals surface area contributed by atoms with Crippen LogP contribution in [0.5, 0.6) is 0 Å². The number of aliphatic hydroxyl groups excluding tert-OH is 2. The molecule has 1 fully saturated rings. The Morgan fingerprint density at radius 2 is 2.18 bits per heavy atom. The van der Waals surface area contributed by atoms with Crippen molar-refractivity contribution >= 4 is 0 Å². The van der Waals surface area contributed by atoms with E-state index >= 15 is 4.39 Å². The Morgan fingerprint density at radius 1 is 1.55 bits per heavy atom. The summed E-state index contributed by atoms with van der Waals surface area (Å²) in [5, 5.41) is 19.5. The molecule has 9 heteroatoms. The fraction of sp³-hybridized carbons (Fsp3) is 0.538. The van der Waals surface area contributed by atoms with Crippen LogP contribution in [-0.4, -0.2) is 43.7 Å². The summed E-state index contributed by atoms with van der Waals surface area (Å²) in [6, 6.07) is 0. The molecule has 1 unspecified atom stereocenters. The van der Waals surface area contributed by atoms with E-state index < -0.39 is 47.3 Å². The van der Waals surface area contributed by atoms with Crippen molar-refractivity contribution in [2.45, 2.75) is 44.1 Å². The first kappa shape index (κ1) is 16.4. The van der Waals surface area contributed by atoms with Crippen LogP contribution in [0.25, 0.3) is 0 Å². The summed E-state index contributed by atoms with van der Waals surface area (Å²) in [5.41, 5.74) is -5.15. The summed E-state index contributed by atoms with van der Waals surface area (Å²) in [6.45, 7) is 2.56. The highest BCUT2D eigenvalue weighted by Gasteiger charge is 2.59. The summed E-state index contributed by atoms with van der Waals surface area (Å²) >= 11 is 0. The number of aromatic nitrogens is 2. The molecular formula is C13H14F2N2O5. The lowest BCUT2D eigenvalue weighted by Gasteiger charge is -2.24. The highest BCUT2D eigenvalue weighted by molar-refractivity contribution is 5.23. The molecule has 0 saturated carbocycles. The fourth-order valence-corrected chi connectivity index (χ4v) is 2.32. The molecule has 1 aromatic heterocycles. The lowest BCUT2D eigenvalue weighted by Crippen LogP contribution is -2.46. The standard InChI is InChI=1S/C13H14F2N2O5/c1-3-4-13(15)9(19)8(6(2)18)22-11(13)17-5-7(14)10(20)16-12(17)21/h5-6,8-9,11,18-19H,1-2H3,(H,16,20,21)/t6-,8+,9?,11+,13+/m0/s1. The second-order valence-electron chi connectivity index (χ2n) is 4.93. The van der Waals surface area contributed by atoms with Crippen LogP contribution in [0.1, 0.15) is 20.1 Å². The average molecular weight is 316 g/mol. The van der Waals surface area contributed by atoms with Gasteiger partial charge in [-0.3, -0.25) is 14.3 Å². The van der Waals surface area contributed by atoms with Crippen molar-refractivity contribution in [2.75, 3.05) is 0 Å². The fourth-order valence-electron chi connectivity index (χ4n) is 2.32. The van der Waals surface area contributed by atoms with Crippen molar-refractivity contribution in [1.82, 2.24) is 9.55 Å². The van der Waals surface area contributed by atoms with E-state index in [1.807, 2.05) is 0 Å². The minimum atomic E-state index is -2.76. The Labute approximate surface area is 123 Å². The van der Waals surface area contributed by atoms with E-state index in [1.54, 1.807) is 4.98 Å². The molecule has 7 nitrogen and oxygen atoms in total. The molecule has 0 aliphatic carbocycles. The van der Waals surface area contributed by atoms with Gasteiger partial charge in [-0.15, -0.1) is 5.92 Å². The van der Waals surface area contributed by atoms with E-state index in [4.69, 9.17) is 4.74 Å². The van der Waals surface area contributed by atoms with Gasteiger partial charge in [-0.1, -0.05) is 5.92 Å². The van der Waals surface area contributed by atoms with E-state index in [1.165, 1.54) is 13.8 Å². The summed E-state index contributed by atoms with van der Waals surface area (Å²) in [6.07, 6.45) is -5.87. The summed E-state index contributed by atoms with van der Waals surface area (Å²) in [4.78, 5) is 24.5. The molecule has 0 radical (unpaired) electrons. The van der Waals surface area contributed by atoms with Gasteiger partial charge in [0.15, 0.2) is 6.23 Å². The first-order valence-corrected chi connectivity index (χ1v) is 6.37.